The summed E-state index contributed by atoms with van der Waals surface area (Å²) >= 11 is 1.76. The van der Waals surface area contributed by atoms with Gasteiger partial charge in [0, 0.05) is 11.4 Å². The van der Waals surface area contributed by atoms with Gasteiger partial charge in [0.2, 0.25) is 0 Å². The average Bonchev–Trinajstić information content (AvgIpc) is 2.89. The number of nitrogens with one attached hydrogen (secondary N) is 1. The van der Waals surface area contributed by atoms with Gasteiger partial charge in [0.15, 0.2) is 0 Å². The Hall–Kier alpha value is -1.10. The molecular weight excluding hydrogens is 222 g/mol. The molecule has 0 saturated carbocycles. The lowest BCUT2D eigenvalue weighted by atomic mass is 10.3. The van der Waals surface area contributed by atoms with Crippen molar-refractivity contribution in [1.29, 1.82) is 0 Å². The minimum atomic E-state index is -0.0377. The third-order valence-corrected chi connectivity index (χ3v) is 3.45. The van der Waals surface area contributed by atoms with E-state index in [2.05, 4.69) is 23.7 Å². The summed E-state index contributed by atoms with van der Waals surface area (Å²) in [6.07, 6.45) is 0. The van der Waals surface area contributed by atoms with E-state index in [1.807, 2.05) is 6.07 Å². The number of hydrogen-bond acceptors (Lipinski definition) is 4. The lowest BCUT2D eigenvalue weighted by Crippen LogP contribution is -2.11. The van der Waals surface area contributed by atoms with E-state index in [1.54, 1.807) is 17.4 Å². The Balaban J connectivity index is 1.82. The molecule has 2 rings (SSSR count). The summed E-state index contributed by atoms with van der Waals surface area (Å²) in [6, 6.07) is 5.81. The van der Waals surface area contributed by atoms with Crippen LogP contribution in [-0.2, 0) is 19.7 Å². The molecule has 0 bridgehead atoms. The zero-order valence-electron chi connectivity index (χ0n) is 9.19. The van der Waals surface area contributed by atoms with E-state index in [4.69, 9.17) is 9.52 Å². The molecule has 4 heteroatoms. The first kappa shape index (κ1) is 11.4. The lowest BCUT2D eigenvalue weighted by molar-refractivity contribution is 0.242. The number of rotatable bonds is 5. The second-order valence-electron chi connectivity index (χ2n) is 3.66. The topological polar surface area (TPSA) is 45.4 Å². The fraction of sp³-hybridized carbons (Fsp3) is 0.333. The van der Waals surface area contributed by atoms with Crippen molar-refractivity contribution in [2.45, 2.75) is 26.6 Å². The van der Waals surface area contributed by atoms with Crippen LogP contribution in [0.15, 0.2) is 28.0 Å². The van der Waals surface area contributed by atoms with Gasteiger partial charge in [0.1, 0.15) is 18.1 Å². The van der Waals surface area contributed by atoms with Crippen molar-refractivity contribution >= 4 is 11.3 Å². The van der Waals surface area contributed by atoms with Crippen LogP contribution in [0.5, 0.6) is 0 Å². The van der Waals surface area contributed by atoms with Crippen LogP contribution in [0.3, 0.4) is 0 Å². The van der Waals surface area contributed by atoms with Crippen LogP contribution in [0.1, 0.15) is 22.0 Å². The van der Waals surface area contributed by atoms with Crippen molar-refractivity contribution < 1.29 is 9.52 Å². The Labute approximate surface area is 98.7 Å². The highest BCUT2D eigenvalue weighted by Gasteiger charge is 2.02. The highest BCUT2D eigenvalue weighted by molar-refractivity contribution is 7.10. The minimum Gasteiger partial charge on any atom is -0.462 e. The molecule has 86 valence electrons. The molecule has 16 heavy (non-hydrogen) atoms. The summed E-state index contributed by atoms with van der Waals surface area (Å²) in [7, 11) is 0. The molecule has 2 N–H and O–H groups in total. The molecule has 0 spiro atoms. The summed E-state index contributed by atoms with van der Waals surface area (Å²) < 4.78 is 5.37. The Morgan fingerprint density at radius 3 is 2.69 bits per heavy atom. The van der Waals surface area contributed by atoms with E-state index in [0.717, 1.165) is 12.3 Å². The number of hydrogen-bond donors (Lipinski definition) is 2. The van der Waals surface area contributed by atoms with E-state index < -0.39 is 0 Å². The van der Waals surface area contributed by atoms with E-state index in [0.29, 0.717) is 12.3 Å². The van der Waals surface area contributed by atoms with Gasteiger partial charge in [-0.25, -0.2) is 0 Å². The van der Waals surface area contributed by atoms with Crippen LogP contribution in [-0.4, -0.2) is 5.11 Å². The molecule has 0 saturated heterocycles. The van der Waals surface area contributed by atoms with E-state index in [-0.39, 0.29) is 6.61 Å². The fourth-order valence-electron chi connectivity index (χ4n) is 1.49. The SMILES string of the molecule is Cc1ccsc1CNCc1ccc(CO)o1. The maximum Gasteiger partial charge on any atom is 0.129 e. The highest BCUT2D eigenvalue weighted by Crippen LogP contribution is 2.15. The van der Waals surface area contributed by atoms with Gasteiger partial charge in [-0.15, -0.1) is 11.3 Å². The minimum absolute atomic E-state index is 0.0377. The third kappa shape index (κ3) is 2.72. The molecule has 2 heterocycles. The van der Waals surface area contributed by atoms with Crippen LogP contribution < -0.4 is 5.32 Å². The fourth-order valence-corrected chi connectivity index (χ4v) is 2.36. The Bertz CT molecular complexity index is 447. The average molecular weight is 237 g/mol. The van der Waals surface area contributed by atoms with Gasteiger partial charge < -0.3 is 14.8 Å². The van der Waals surface area contributed by atoms with Crippen molar-refractivity contribution in [3.63, 3.8) is 0 Å². The zero-order valence-corrected chi connectivity index (χ0v) is 10.0. The van der Waals surface area contributed by atoms with Crippen molar-refractivity contribution in [2.24, 2.45) is 0 Å². The zero-order chi connectivity index (χ0) is 11.4. The molecule has 0 amide bonds. The van der Waals surface area contributed by atoms with Crippen LogP contribution in [0.4, 0.5) is 0 Å². The summed E-state index contributed by atoms with van der Waals surface area (Å²) in [5.74, 6) is 1.47. The monoisotopic (exact) mass is 237 g/mol. The van der Waals surface area contributed by atoms with Crippen LogP contribution in [0.2, 0.25) is 0 Å². The molecule has 0 aliphatic heterocycles. The maximum atomic E-state index is 8.85. The number of aliphatic hydroxyl groups excluding tert-OH is 1. The molecule has 0 unspecified atom stereocenters. The Kier molecular flexibility index (Phi) is 3.77. The molecule has 0 atom stereocenters. The maximum absolute atomic E-state index is 8.85. The first-order valence-electron chi connectivity index (χ1n) is 5.21. The second-order valence-corrected chi connectivity index (χ2v) is 4.66. The smallest absolute Gasteiger partial charge is 0.129 e. The molecule has 0 fully saturated rings. The molecule has 2 aromatic heterocycles. The highest BCUT2D eigenvalue weighted by atomic mass is 32.1. The molecule has 2 aromatic rings. The van der Waals surface area contributed by atoms with E-state index in [1.165, 1.54) is 10.4 Å². The van der Waals surface area contributed by atoms with Gasteiger partial charge in [0.25, 0.3) is 0 Å². The number of furan rings is 1. The van der Waals surface area contributed by atoms with Gasteiger partial charge in [-0.05, 0) is 36.1 Å². The van der Waals surface area contributed by atoms with Gasteiger partial charge >= 0.3 is 0 Å². The molecule has 0 radical (unpaired) electrons. The normalized spacial score (nSPS) is 10.9. The lowest BCUT2D eigenvalue weighted by Gasteiger charge is -2.01. The first-order valence-corrected chi connectivity index (χ1v) is 6.09. The van der Waals surface area contributed by atoms with Gasteiger partial charge in [-0.1, -0.05) is 0 Å². The van der Waals surface area contributed by atoms with Crippen molar-refractivity contribution in [3.05, 3.63) is 45.5 Å². The predicted octanol–water partition coefficient (Wildman–Crippen LogP) is 2.43. The van der Waals surface area contributed by atoms with E-state index in [9.17, 15) is 0 Å². The standard InChI is InChI=1S/C12H15NO2S/c1-9-4-5-16-12(9)7-13-6-10-2-3-11(8-14)15-10/h2-5,13-14H,6-8H2,1H3. The Morgan fingerprint density at radius 1 is 1.25 bits per heavy atom. The quantitative estimate of drug-likeness (QED) is 0.839. The van der Waals surface area contributed by atoms with Gasteiger partial charge in [-0.3, -0.25) is 0 Å². The van der Waals surface area contributed by atoms with Gasteiger partial charge in [0.05, 0.1) is 6.54 Å². The summed E-state index contributed by atoms with van der Waals surface area (Å²) in [4.78, 5) is 1.36. The summed E-state index contributed by atoms with van der Waals surface area (Å²) in [6.45, 7) is 3.63. The van der Waals surface area contributed by atoms with Crippen LogP contribution >= 0.6 is 11.3 Å². The van der Waals surface area contributed by atoms with Crippen molar-refractivity contribution in [2.75, 3.05) is 0 Å². The number of thiophene rings is 1. The summed E-state index contributed by atoms with van der Waals surface area (Å²) in [5, 5.41) is 14.3. The molecule has 0 aliphatic carbocycles. The largest absolute Gasteiger partial charge is 0.462 e. The predicted molar refractivity (Wildman–Crippen MR) is 64.2 cm³/mol. The summed E-state index contributed by atoms with van der Waals surface area (Å²) in [5.41, 5.74) is 1.33. The number of aliphatic hydroxyl groups is 1. The third-order valence-electron chi connectivity index (χ3n) is 2.43. The van der Waals surface area contributed by atoms with E-state index >= 15 is 0 Å². The molecule has 0 aromatic carbocycles. The molecule has 3 nitrogen and oxygen atoms in total. The molecule has 0 aliphatic rings. The van der Waals surface area contributed by atoms with Gasteiger partial charge in [-0.2, -0.15) is 0 Å². The van der Waals surface area contributed by atoms with Crippen LogP contribution in [0, 0.1) is 6.92 Å². The molecular formula is C12H15NO2S. The Morgan fingerprint density at radius 2 is 2.06 bits per heavy atom. The second kappa shape index (κ2) is 5.30. The first-order chi connectivity index (χ1) is 7.79. The number of aryl methyl sites for hydroxylation is 1. The van der Waals surface area contributed by atoms with Crippen molar-refractivity contribution in [1.82, 2.24) is 5.32 Å². The van der Waals surface area contributed by atoms with Crippen LogP contribution in [0.25, 0.3) is 0 Å². The van der Waals surface area contributed by atoms with Crippen molar-refractivity contribution in [3.8, 4) is 0 Å².